The summed E-state index contributed by atoms with van der Waals surface area (Å²) < 4.78 is 1.96. The van der Waals surface area contributed by atoms with E-state index in [0.717, 1.165) is 12.1 Å². The molecule has 2 heterocycles. The largest absolute Gasteiger partial charge is 0.306 e. The minimum atomic E-state index is 0.394. The van der Waals surface area contributed by atoms with E-state index in [0.29, 0.717) is 12.1 Å². The molecule has 3 rings (SSSR count). The number of hydrogen-bond donors (Lipinski definition) is 1. The second-order valence-corrected chi connectivity index (χ2v) is 6.41. The molecule has 0 radical (unpaired) electrons. The Bertz CT molecular complexity index is 449. The Balaban J connectivity index is 1.61. The zero-order valence-electron chi connectivity index (χ0n) is 12.6. The Morgan fingerprint density at radius 1 is 1.42 bits per heavy atom. The summed E-state index contributed by atoms with van der Waals surface area (Å²) in [4.78, 5) is 2.69. The maximum Gasteiger partial charge on any atom is 0.0540 e. The summed E-state index contributed by atoms with van der Waals surface area (Å²) in [5.74, 6) is 0. The van der Waals surface area contributed by atoms with Crippen LogP contribution < -0.4 is 5.32 Å². The second kappa shape index (κ2) is 4.91. The summed E-state index contributed by atoms with van der Waals surface area (Å²) in [6.45, 7) is 8.00. The second-order valence-electron chi connectivity index (χ2n) is 6.41. The fourth-order valence-corrected chi connectivity index (χ4v) is 3.48. The fourth-order valence-electron chi connectivity index (χ4n) is 3.48. The molecule has 2 fully saturated rings. The Labute approximate surface area is 116 Å². The lowest BCUT2D eigenvalue weighted by Gasteiger charge is -2.21. The van der Waals surface area contributed by atoms with Crippen molar-refractivity contribution in [3.05, 3.63) is 17.5 Å². The van der Waals surface area contributed by atoms with Crippen LogP contribution in [-0.2, 0) is 7.05 Å². The van der Waals surface area contributed by atoms with E-state index in [1.165, 1.54) is 37.1 Å². The highest BCUT2D eigenvalue weighted by Crippen LogP contribution is 2.33. The number of nitrogens with one attached hydrogen (secondary N) is 1. The predicted molar refractivity (Wildman–Crippen MR) is 77.1 cm³/mol. The van der Waals surface area contributed by atoms with Crippen molar-refractivity contribution < 1.29 is 0 Å². The first-order valence-electron chi connectivity index (χ1n) is 7.56. The lowest BCUT2D eigenvalue weighted by Crippen LogP contribution is -2.35. The quantitative estimate of drug-likeness (QED) is 0.901. The summed E-state index contributed by atoms with van der Waals surface area (Å²) in [7, 11) is 2.01. The molecule has 1 N–H and O–H groups in total. The van der Waals surface area contributed by atoms with Crippen LogP contribution in [0.2, 0.25) is 0 Å². The van der Waals surface area contributed by atoms with Crippen molar-refractivity contribution in [2.24, 2.45) is 7.05 Å². The molecule has 2 aliphatic rings. The Kier molecular flexibility index (Phi) is 3.39. The molecule has 0 amide bonds. The van der Waals surface area contributed by atoms with Gasteiger partial charge in [0.05, 0.1) is 6.20 Å². The van der Waals surface area contributed by atoms with Gasteiger partial charge in [0.25, 0.3) is 0 Å². The smallest absolute Gasteiger partial charge is 0.0540 e. The first kappa shape index (κ1) is 13.1. The maximum atomic E-state index is 4.35. The van der Waals surface area contributed by atoms with Crippen molar-refractivity contribution >= 4 is 0 Å². The third-order valence-electron chi connectivity index (χ3n) is 4.86. The van der Waals surface area contributed by atoms with Crippen LogP contribution in [0.3, 0.4) is 0 Å². The van der Waals surface area contributed by atoms with E-state index in [1.807, 2.05) is 17.9 Å². The summed E-state index contributed by atoms with van der Waals surface area (Å²) in [5, 5.41) is 8.14. The van der Waals surface area contributed by atoms with Crippen molar-refractivity contribution in [2.45, 2.75) is 64.2 Å². The summed E-state index contributed by atoms with van der Waals surface area (Å²) >= 11 is 0. The molecule has 1 aromatic rings. The van der Waals surface area contributed by atoms with Crippen molar-refractivity contribution in [1.82, 2.24) is 20.0 Å². The molecule has 0 bridgehead atoms. The highest BCUT2D eigenvalue weighted by atomic mass is 15.3. The van der Waals surface area contributed by atoms with Crippen molar-refractivity contribution in [3.8, 4) is 0 Å². The molecule has 4 nitrogen and oxygen atoms in total. The van der Waals surface area contributed by atoms with Gasteiger partial charge in [-0.05, 0) is 40.0 Å². The molecule has 1 saturated heterocycles. The van der Waals surface area contributed by atoms with Crippen LogP contribution in [0.4, 0.5) is 0 Å². The Morgan fingerprint density at radius 3 is 2.74 bits per heavy atom. The topological polar surface area (TPSA) is 33.1 Å². The monoisotopic (exact) mass is 262 g/mol. The van der Waals surface area contributed by atoms with Crippen LogP contribution in [0.5, 0.6) is 0 Å². The number of hydrogen-bond acceptors (Lipinski definition) is 3. The average molecular weight is 262 g/mol. The SMILES string of the molecule is Cc1c(C(C)NC2CC(C)N(C3CC3)C2)cnn1C. The zero-order chi connectivity index (χ0) is 13.6. The molecule has 19 heavy (non-hydrogen) atoms. The number of aromatic nitrogens is 2. The number of rotatable bonds is 4. The average Bonchev–Trinajstić information content (AvgIpc) is 3.06. The van der Waals surface area contributed by atoms with E-state index < -0.39 is 0 Å². The van der Waals surface area contributed by atoms with Gasteiger partial charge < -0.3 is 5.32 Å². The molecule has 1 aliphatic carbocycles. The van der Waals surface area contributed by atoms with Crippen LogP contribution >= 0.6 is 0 Å². The first-order chi connectivity index (χ1) is 9.06. The van der Waals surface area contributed by atoms with Gasteiger partial charge in [-0.25, -0.2) is 0 Å². The van der Waals surface area contributed by atoms with Crippen molar-refractivity contribution in [2.75, 3.05) is 6.54 Å². The molecule has 3 unspecified atom stereocenters. The van der Waals surface area contributed by atoms with Gasteiger partial charge in [-0.15, -0.1) is 0 Å². The predicted octanol–water partition coefficient (Wildman–Crippen LogP) is 2.00. The summed E-state index contributed by atoms with van der Waals surface area (Å²) in [6, 6.07) is 2.65. The van der Waals surface area contributed by atoms with Gasteiger partial charge in [-0.3, -0.25) is 9.58 Å². The van der Waals surface area contributed by atoms with Gasteiger partial charge >= 0.3 is 0 Å². The minimum Gasteiger partial charge on any atom is -0.306 e. The zero-order valence-corrected chi connectivity index (χ0v) is 12.6. The summed E-state index contributed by atoms with van der Waals surface area (Å²) in [5.41, 5.74) is 2.60. The molecule has 1 aliphatic heterocycles. The van der Waals surface area contributed by atoms with Gasteiger partial charge in [0, 0.05) is 49.0 Å². The third kappa shape index (κ3) is 2.56. The van der Waals surface area contributed by atoms with Crippen LogP contribution in [0.15, 0.2) is 6.20 Å². The van der Waals surface area contributed by atoms with Crippen LogP contribution in [0.25, 0.3) is 0 Å². The minimum absolute atomic E-state index is 0.394. The number of likely N-dealkylation sites (tertiary alicyclic amines) is 1. The van der Waals surface area contributed by atoms with E-state index >= 15 is 0 Å². The molecule has 1 saturated carbocycles. The molecule has 106 valence electrons. The van der Waals surface area contributed by atoms with E-state index in [9.17, 15) is 0 Å². The van der Waals surface area contributed by atoms with Gasteiger partial charge in [0.2, 0.25) is 0 Å². The highest BCUT2D eigenvalue weighted by molar-refractivity contribution is 5.20. The lowest BCUT2D eigenvalue weighted by molar-refractivity contribution is 0.254. The third-order valence-corrected chi connectivity index (χ3v) is 4.86. The Hall–Kier alpha value is -0.870. The van der Waals surface area contributed by atoms with Gasteiger partial charge in [0.1, 0.15) is 0 Å². The molecular formula is C15H26N4. The van der Waals surface area contributed by atoms with Crippen molar-refractivity contribution in [1.29, 1.82) is 0 Å². The van der Waals surface area contributed by atoms with Crippen LogP contribution in [-0.4, -0.2) is 39.4 Å². The maximum absolute atomic E-state index is 4.35. The first-order valence-corrected chi connectivity index (χ1v) is 7.56. The van der Waals surface area contributed by atoms with Crippen molar-refractivity contribution in [3.63, 3.8) is 0 Å². The van der Waals surface area contributed by atoms with Crippen LogP contribution in [0.1, 0.15) is 50.4 Å². The van der Waals surface area contributed by atoms with Crippen LogP contribution in [0, 0.1) is 6.92 Å². The van der Waals surface area contributed by atoms with Gasteiger partial charge in [-0.1, -0.05) is 0 Å². The molecule has 0 spiro atoms. The number of aryl methyl sites for hydroxylation is 1. The van der Waals surface area contributed by atoms with E-state index in [1.54, 1.807) is 0 Å². The lowest BCUT2D eigenvalue weighted by atomic mass is 10.1. The van der Waals surface area contributed by atoms with Gasteiger partial charge in [0.15, 0.2) is 0 Å². The molecular weight excluding hydrogens is 236 g/mol. The number of nitrogens with zero attached hydrogens (tertiary/aromatic N) is 3. The Morgan fingerprint density at radius 2 is 2.16 bits per heavy atom. The molecule has 4 heteroatoms. The highest BCUT2D eigenvalue weighted by Gasteiger charge is 2.39. The standard InChI is InChI=1S/C15H26N4/c1-10-7-13(9-19(10)14-5-6-14)17-11(2)15-8-16-18(4)12(15)3/h8,10-11,13-14,17H,5-7,9H2,1-4H3. The van der Waals surface area contributed by atoms with E-state index in [4.69, 9.17) is 0 Å². The molecule has 3 atom stereocenters. The normalized spacial score (nSPS) is 29.9. The van der Waals surface area contributed by atoms with E-state index in [-0.39, 0.29) is 0 Å². The van der Waals surface area contributed by atoms with E-state index in [2.05, 4.69) is 36.1 Å². The molecule has 1 aromatic heterocycles. The summed E-state index contributed by atoms with van der Waals surface area (Å²) in [6.07, 6.45) is 6.10. The fraction of sp³-hybridized carbons (Fsp3) is 0.800. The molecule has 0 aromatic carbocycles. The van der Waals surface area contributed by atoms with Gasteiger partial charge in [-0.2, -0.15) is 5.10 Å².